The fourth-order valence-corrected chi connectivity index (χ4v) is 4.44. The third-order valence-electron chi connectivity index (χ3n) is 5.29. The summed E-state index contributed by atoms with van der Waals surface area (Å²) in [6, 6.07) is 17.6. The van der Waals surface area contributed by atoms with Crippen molar-refractivity contribution in [1.82, 2.24) is 4.90 Å². The van der Waals surface area contributed by atoms with Crippen molar-refractivity contribution in [1.29, 1.82) is 0 Å². The molecule has 1 N–H and O–H groups in total. The summed E-state index contributed by atoms with van der Waals surface area (Å²) in [6.45, 7) is 2.24. The lowest BCUT2D eigenvalue weighted by molar-refractivity contribution is -0.140. The van der Waals surface area contributed by atoms with Gasteiger partial charge in [0.05, 0.1) is 25.3 Å². The van der Waals surface area contributed by atoms with Crippen LogP contribution in [0.3, 0.4) is 0 Å². The number of ketones is 1. The van der Waals surface area contributed by atoms with Gasteiger partial charge in [-0.1, -0.05) is 30.3 Å². The van der Waals surface area contributed by atoms with Gasteiger partial charge >= 0.3 is 0 Å². The second-order valence-corrected chi connectivity index (χ2v) is 8.12. The predicted octanol–water partition coefficient (Wildman–Crippen LogP) is 4.69. The summed E-state index contributed by atoms with van der Waals surface area (Å²) >= 11 is 1.53. The number of thiophene rings is 1. The highest BCUT2D eigenvalue weighted by Crippen LogP contribution is 2.41. The predicted molar refractivity (Wildman–Crippen MR) is 116 cm³/mol. The van der Waals surface area contributed by atoms with E-state index in [0.717, 1.165) is 16.0 Å². The molecule has 1 amide bonds. The molecular weight excluding hydrogens is 398 g/mol. The van der Waals surface area contributed by atoms with E-state index in [9.17, 15) is 14.7 Å². The van der Waals surface area contributed by atoms with Gasteiger partial charge < -0.3 is 14.7 Å². The minimum atomic E-state index is -0.673. The zero-order chi connectivity index (χ0) is 21.3. The molecule has 1 fully saturated rings. The molecule has 6 heteroatoms. The first kappa shape index (κ1) is 19.9. The number of aliphatic hydroxyl groups excluding tert-OH is 1. The Morgan fingerprint density at radius 3 is 2.43 bits per heavy atom. The lowest BCUT2D eigenvalue weighted by atomic mass is 9.92. The van der Waals surface area contributed by atoms with Crippen LogP contribution in [0.5, 0.6) is 5.75 Å². The van der Waals surface area contributed by atoms with Gasteiger partial charge in [0.1, 0.15) is 11.5 Å². The van der Waals surface area contributed by atoms with Crippen molar-refractivity contribution in [2.45, 2.75) is 19.5 Å². The number of amides is 1. The molecule has 0 bridgehead atoms. The van der Waals surface area contributed by atoms with Crippen LogP contribution in [0.1, 0.15) is 27.6 Å². The number of methoxy groups -OCH3 is 1. The summed E-state index contributed by atoms with van der Waals surface area (Å²) in [5.41, 5.74) is 2.34. The van der Waals surface area contributed by atoms with Crippen molar-refractivity contribution in [3.63, 3.8) is 0 Å². The number of nitrogens with zero attached hydrogens (tertiary/aromatic N) is 1. The Kier molecular flexibility index (Phi) is 5.42. The van der Waals surface area contributed by atoms with Crippen molar-refractivity contribution in [3.05, 3.63) is 93.2 Å². The minimum absolute atomic E-state index is 0.107. The number of benzene rings is 2. The van der Waals surface area contributed by atoms with Gasteiger partial charge in [-0.2, -0.15) is 0 Å². The molecule has 1 atom stereocenters. The summed E-state index contributed by atoms with van der Waals surface area (Å²) in [5, 5.41) is 13.0. The number of hydrogen-bond donors (Lipinski definition) is 1. The fourth-order valence-electron chi connectivity index (χ4n) is 3.73. The maximum Gasteiger partial charge on any atom is 0.295 e. The number of hydrogen-bond acceptors (Lipinski definition) is 5. The van der Waals surface area contributed by atoms with Gasteiger partial charge in [0.15, 0.2) is 0 Å². The van der Waals surface area contributed by atoms with E-state index >= 15 is 0 Å². The number of Topliss-reactive ketones (excluding diaryl/α,β-unsaturated/α-hetero) is 1. The number of rotatable bonds is 5. The molecule has 0 aliphatic carbocycles. The number of likely N-dealkylation sites (tertiary alicyclic amines) is 1. The Labute approximate surface area is 178 Å². The number of ether oxygens (including phenoxy) is 1. The van der Waals surface area contributed by atoms with Crippen LogP contribution >= 0.6 is 11.3 Å². The average Bonchev–Trinajstić information content (AvgIpc) is 3.36. The first-order chi connectivity index (χ1) is 14.5. The minimum Gasteiger partial charge on any atom is -0.507 e. The van der Waals surface area contributed by atoms with E-state index in [2.05, 4.69) is 0 Å². The molecule has 4 rings (SSSR count). The molecule has 3 aromatic rings. The topological polar surface area (TPSA) is 66.8 Å². The molecule has 152 valence electrons. The lowest BCUT2D eigenvalue weighted by Gasteiger charge is -2.26. The quantitative estimate of drug-likeness (QED) is 0.370. The molecule has 1 aromatic heterocycles. The second kappa shape index (κ2) is 8.16. The Morgan fingerprint density at radius 2 is 1.80 bits per heavy atom. The smallest absolute Gasteiger partial charge is 0.295 e. The molecule has 0 spiro atoms. The van der Waals surface area contributed by atoms with Crippen LogP contribution in [0.4, 0.5) is 0 Å². The molecule has 0 radical (unpaired) electrons. The normalized spacial score (nSPS) is 18.1. The molecule has 0 saturated carbocycles. The average molecular weight is 420 g/mol. The number of carbonyl (C=O) groups is 2. The Morgan fingerprint density at radius 1 is 1.07 bits per heavy atom. The van der Waals surface area contributed by atoms with Gasteiger partial charge in [0.2, 0.25) is 0 Å². The van der Waals surface area contributed by atoms with E-state index in [0.29, 0.717) is 17.9 Å². The third kappa shape index (κ3) is 3.50. The SMILES string of the molecule is COc1ccc(/C(O)=C2/C(=O)C(=O)N(Cc3cccs3)C2c2ccccc2C)cc1. The highest BCUT2D eigenvalue weighted by molar-refractivity contribution is 7.09. The van der Waals surface area contributed by atoms with Crippen LogP contribution in [0, 0.1) is 6.92 Å². The molecule has 1 aliphatic rings. The largest absolute Gasteiger partial charge is 0.507 e. The van der Waals surface area contributed by atoms with Crippen molar-refractivity contribution in [3.8, 4) is 5.75 Å². The van der Waals surface area contributed by atoms with Crippen LogP contribution < -0.4 is 4.74 Å². The number of aliphatic hydroxyl groups is 1. The second-order valence-electron chi connectivity index (χ2n) is 7.09. The molecule has 1 saturated heterocycles. The molecular formula is C24H21NO4S. The highest BCUT2D eigenvalue weighted by Gasteiger charge is 2.46. The lowest BCUT2D eigenvalue weighted by Crippen LogP contribution is -2.29. The third-order valence-corrected chi connectivity index (χ3v) is 6.15. The van der Waals surface area contributed by atoms with Gasteiger partial charge in [-0.05, 0) is 53.8 Å². The molecule has 5 nitrogen and oxygen atoms in total. The molecule has 1 unspecified atom stereocenters. The van der Waals surface area contributed by atoms with Gasteiger partial charge in [-0.25, -0.2) is 0 Å². The van der Waals surface area contributed by atoms with E-state index < -0.39 is 17.7 Å². The Bertz CT molecular complexity index is 1120. The highest BCUT2D eigenvalue weighted by atomic mass is 32.1. The maximum atomic E-state index is 13.0. The van der Waals surface area contributed by atoms with E-state index in [1.165, 1.54) is 11.3 Å². The van der Waals surface area contributed by atoms with Crippen LogP contribution in [0.25, 0.3) is 5.76 Å². The van der Waals surface area contributed by atoms with Gasteiger partial charge in [0.25, 0.3) is 11.7 Å². The summed E-state index contributed by atoms with van der Waals surface area (Å²) in [5.74, 6) is -0.821. The summed E-state index contributed by atoms with van der Waals surface area (Å²) in [7, 11) is 1.56. The zero-order valence-electron chi connectivity index (χ0n) is 16.7. The van der Waals surface area contributed by atoms with Gasteiger partial charge in [-0.15, -0.1) is 11.3 Å². The van der Waals surface area contributed by atoms with Crippen molar-refractivity contribution in [2.24, 2.45) is 0 Å². The van der Waals surface area contributed by atoms with Crippen LogP contribution in [-0.2, 0) is 16.1 Å². The zero-order valence-corrected chi connectivity index (χ0v) is 17.5. The Hall–Kier alpha value is -3.38. The first-order valence-electron chi connectivity index (χ1n) is 9.52. The van der Waals surface area contributed by atoms with E-state index in [-0.39, 0.29) is 11.3 Å². The van der Waals surface area contributed by atoms with Crippen molar-refractivity contribution in [2.75, 3.05) is 7.11 Å². The molecule has 2 heterocycles. The Balaban J connectivity index is 1.87. The fraction of sp³-hybridized carbons (Fsp3) is 0.167. The first-order valence-corrected chi connectivity index (χ1v) is 10.4. The standard InChI is InChI=1S/C24H21NO4S/c1-15-6-3-4-8-19(15)21-20(22(26)16-9-11-17(29-2)12-10-16)23(27)24(28)25(21)14-18-7-5-13-30-18/h3-13,21,26H,14H2,1-2H3/b22-20-. The summed E-state index contributed by atoms with van der Waals surface area (Å²) in [6.07, 6.45) is 0. The molecule has 1 aliphatic heterocycles. The van der Waals surface area contributed by atoms with Gasteiger partial charge in [-0.3, -0.25) is 9.59 Å². The van der Waals surface area contributed by atoms with Crippen molar-refractivity contribution < 1.29 is 19.4 Å². The summed E-state index contributed by atoms with van der Waals surface area (Å²) < 4.78 is 5.17. The van der Waals surface area contributed by atoms with E-state index in [1.807, 2.05) is 48.7 Å². The van der Waals surface area contributed by atoms with E-state index in [1.54, 1.807) is 36.3 Å². The van der Waals surface area contributed by atoms with Crippen molar-refractivity contribution >= 4 is 28.8 Å². The molecule has 2 aromatic carbocycles. The van der Waals surface area contributed by atoms with Crippen LogP contribution in [0.2, 0.25) is 0 Å². The summed E-state index contributed by atoms with van der Waals surface area (Å²) in [4.78, 5) is 28.6. The van der Waals surface area contributed by atoms with Crippen LogP contribution in [-0.4, -0.2) is 28.8 Å². The van der Waals surface area contributed by atoms with Gasteiger partial charge in [0, 0.05) is 10.4 Å². The van der Waals surface area contributed by atoms with E-state index in [4.69, 9.17) is 4.74 Å². The molecule has 30 heavy (non-hydrogen) atoms. The number of carbonyl (C=O) groups excluding carboxylic acids is 2. The monoisotopic (exact) mass is 419 g/mol. The maximum absolute atomic E-state index is 13.0. The number of aryl methyl sites for hydroxylation is 1. The van der Waals surface area contributed by atoms with Crippen LogP contribution in [0.15, 0.2) is 71.6 Å².